The highest BCUT2D eigenvalue weighted by Gasteiger charge is 2.20. The average Bonchev–Trinajstić information content (AvgIpc) is 2.63. The van der Waals surface area contributed by atoms with Gasteiger partial charge in [0, 0.05) is 36.4 Å². The Morgan fingerprint density at radius 2 is 2.12 bits per heavy atom. The molecule has 2 heterocycles. The van der Waals surface area contributed by atoms with Crippen molar-refractivity contribution in [2.75, 3.05) is 18.4 Å². The van der Waals surface area contributed by atoms with Crippen LogP contribution in [0.4, 0.5) is 5.82 Å². The predicted octanol–water partition coefficient (Wildman–Crippen LogP) is 3.91. The highest BCUT2D eigenvalue weighted by Crippen LogP contribution is 2.18. The summed E-state index contributed by atoms with van der Waals surface area (Å²) in [5.74, 6) is -0.147. The number of pyridine rings is 1. The Morgan fingerprint density at radius 1 is 1.31 bits per heavy atom. The lowest BCUT2D eigenvalue weighted by Crippen LogP contribution is -2.41. The van der Waals surface area contributed by atoms with Gasteiger partial charge in [0.1, 0.15) is 5.82 Å². The Balaban J connectivity index is 1.54. The average molecular weight is 372 g/mol. The van der Waals surface area contributed by atoms with E-state index in [1.54, 1.807) is 6.20 Å². The largest absolute Gasteiger partial charge is 0.478 e. The number of likely N-dealkylation sites (tertiary alicyclic amines) is 1. The molecule has 0 unspecified atom stereocenters. The summed E-state index contributed by atoms with van der Waals surface area (Å²) in [6.45, 7) is 2.97. The molecule has 1 aromatic carbocycles. The molecule has 26 heavy (non-hydrogen) atoms. The maximum absolute atomic E-state index is 10.5. The predicted molar refractivity (Wildman–Crippen MR) is 104 cm³/mol. The Bertz CT molecular complexity index is 760. The molecule has 0 amide bonds. The normalized spacial score (nSPS) is 18.1. The van der Waals surface area contributed by atoms with Crippen LogP contribution in [0.1, 0.15) is 24.0 Å². The van der Waals surface area contributed by atoms with E-state index in [1.807, 2.05) is 24.3 Å². The number of halogens is 1. The Hall–Kier alpha value is -2.37. The maximum atomic E-state index is 10.5. The van der Waals surface area contributed by atoms with Gasteiger partial charge in [-0.15, -0.1) is 0 Å². The number of carboxylic acid groups (broad SMARTS) is 1. The number of anilines is 1. The van der Waals surface area contributed by atoms with Crippen molar-refractivity contribution in [2.45, 2.75) is 25.4 Å². The second kappa shape index (κ2) is 8.83. The van der Waals surface area contributed by atoms with Crippen LogP contribution in [0.25, 0.3) is 6.08 Å². The summed E-state index contributed by atoms with van der Waals surface area (Å²) in [6.07, 6.45) is 6.58. The molecule has 0 spiro atoms. The molecule has 1 aromatic heterocycles. The van der Waals surface area contributed by atoms with Gasteiger partial charge in [-0.2, -0.15) is 0 Å². The number of nitrogens with zero attached hydrogens (tertiary/aromatic N) is 2. The topological polar surface area (TPSA) is 65.5 Å². The smallest absolute Gasteiger partial charge is 0.328 e. The molecular formula is C20H22ClN3O2. The van der Waals surface area contributed by atoms with Gasteiger partial charge in [-0.1, -0.05) is 23.7 Å². The van der Waals surface area contributed by atoms with E-state index in [0.717, 1.165) is 55.0 Å². The van der Waals surface area contributed by atoms with E-state index in [2.05, 4.69) is 27.3 Å². The number of hydrogen-bond donors (Lipinski definition) is 2. The summed E-state index contributed by atoms with van der Waals surface area (Å²) in [6, 6.07) is 12.1. The third-order valence-electron chi connectivity index (χ3n) is 4.38. The molecule has 0 bridgehead atoms. The van der Waals surface area contributed by atoms with Gasteiger partial charge in [0.05, 0.1) is 0 Å². The van der Waals surface area contributed by atoms with Gasteiger partial charge in [0.15, 0.2) is 0 Å². The number of aromatic nitrogens is 1. The first-order valence-electron chi connectivity index (χ1n) is 8.69. The number of piperidine rings is 1. The molecule has 2 aromatic rings. The van der Waals surface area contributed by atoms with Crippen molar-refractivity contribution in [1.29, 1.82) is 0 Å². The zero-order valence-corrected chi connectivity index (χ0v) is 15.2. The van der Waals surface area contributed by atoms with Gasteiger partial charge >= 0.3 is 5.97 Å². The molecule has 1 aliphatic rings. The fourth-order valence-corrected chi connectivity index (χ4v) is 3.26. The molecular weight excluding hydrogens is 350 g/mol. The summed E-state index contributed by atoms with van der Waals surface area (Å²) in [5.41, 5.74) is 2.04. The molecule has 1 aliphatic heterocycles. The minimum Gasteiger partial charge on any atom is -0.478 e. The lowest BCUT2D eigenvalue weighted by molar-refractivity contribution is -0.131. The minimum absolute atomic E-state index is 0.351. The summed E-state index contributed by atoms with van der Waals surface area (Å²) in [7, 11) is 0. The van der Waals surface area contributed by atoms with E-state index in [-0.39, 0.29) is 0 Å². The molecule has 5 nitrogen and oxygen atoms in total. The van der Waals surface area contributed by atoms with Gasteiger partial charge in [-0.3, -0.25) is 4.90 Å². The second-order valence-corrected chi connectivity index (χ2v) is 6.93. The lowest BCUT2D eigenvalue weighted by atomic mass is 10.0. The van der Waals surface area contributed by atoms with Crippen LogP contribution in [0.2, 0.25) is 5.02 Å². The molecule has 0 saturated carbocycles. The number of carbonyl (C=O) groups is 1. The molecule has 136 valence electrons. The van der Waals surface area contributed by atoms with Gasteiger partial charge < -0.3 is 10.4 Å². The van der Waals surface area contributed by atoms with Crippen molar-refractivity contribution in [3.8, 4) is 0 Å². The number of nitrogens with one attached hydrogen (secondary N) is 1. The van der Waals surface area contributed by atoms with Crippen molar-refractivity contribution in [1.82, 2.24) is 9.88 Å². The van der Waals surface area contributed by atoms with Crippen LogP contribution in [0.5, 0.6) is 0 Å². The standard InChI is InChI=1S/C20H22ClN3O2/c21-17-7-3-16(4-8-17)13-24-11-1-2-18(14-24)23-19-9-5-15(12-22-19)6-10-20(25)26/h3-10,12,18H,1-2,11,13-14H2,(H,22,23)(H,25,26)/b10-6+/t18-/m1/s1. The van der Waals surface area contributed by atoms with Crippen LogP contribution in [-0.4, -0.2) is 40.1 Å². The van der Waals surface area contributed by atoms with E-state index in [1.165, 1.54) is 11.6 Å². The molecule has 0 aliphatic carbocycles. The van der Waals surface area contributed by atoms with Crippen LogP contribution in [0.3, 0.4) is 0 Å². The number of carboxylic acids is 1. The molecule has 1 saturated heterocycles. The summed E-state index contributed by atoms with van der Waals surface area (Å²) < 4.78 is 0. The number of benzene rings is 1. The zero-order valence-electron chi connectivity index (χ0n) is 14.4. The van der Waals surface area contributed by atoms with E-state index < -0.39 is 5.97 Å². The first kappa shape index (κ1) is 18.4. The third kappa shape index (κ3) is 5.58. The van der Waals surface area contributed by atoms with Gasteiger partial charge in [-0.05, 0) is 60.9 Å². The highest BCUT2D eigenvalue weighted by atomic mass is 35.5. The first-order chi connectivity index (χ1) is 12.6. The van der Waals surface area contributed by atoms with E-state index in [4.69, 9.17) is 16.7 Å². The number of aliphatic carboxylic acids is 1. The van der Waals surface area contributed by atoms with Crippen LogP contribution in [-0.2, 0) is 11.3 Å². The SMILES string of the molecule is O=C(O)/C=C/c1ccc(N[C@@H]2CCCN(Cc3ccc(Cl)cc3)C2)nc1. The van der Waals surface area contributed by atoms with Gasteiger partial charge in [0.2, 0.25) is 0 Å². The van der Waals surface area contributed by atoms with Crippen molar-refractivity contribution >= 4 is 29.5 Å². The Morgan fingerprint density at radius 3 is 2.81 bits per heavy atom. The second-order valence-electron chi connectivity index (χ2n) is 6.49. The van der Waals surface area contributed by atoms with Crippen molar-refractivity contribution in [3.63, 3.8) is 0 Å². The molecule has 3 rings (SSSR count). The molecule has 1 fully saturated rings. The van der Waals surface area contributed by atoms with Crippen molar-refractivity contribution in [3.05, 3.63) is 64.8 Å². The Labute approximate surface area is 158 Å². The first-order valence-corrected chi connectivity index (χ1v) is 9.07. The van der Waals surface area contributed by atoms with Crippen LogP contribution in [0, 0.1) is 0 Å². The van der Waals surface area contributed by atoms with E-state index in [0.29, 0.717) is 6.04 Å². The van der Waals surface area contributed by atoms with Crippen molar-refractivity contribution in [2.24, 2.45) is 0 Å². The van der Waals surface area contributed by atoms with Gasteiger partial charge in [0.25, 0.3) is 0 Å². The van der Waals surface area contributed by atoms with Crippen molar-refractivity contribution < 1.29 is 9.90 Å². The highest BCUT2D eigenvalue weighted by molar-refractivity contribution is 6.30. The number of rotatable bonds is 6. The lowest BCUT2D eigenvalue weighted by Gasteiger charge is -2.33. The summed E-state index contributed by atoms with van der Waals surface area (Å²) in [4.78, 5) is 17.4. The van der Waals surface area contributed by atoms with Crippen LogP contribution in [0.15, 0.2) is 48.7 Å². The fraction of sp³-hybridized carbons (Fsp3) is 0.300. The fourth-order valence-electron chi connectivity index (χ4n) is 3.13. The van der Waals surface area contributed by atoms with E-state index >= 15 is 0 Å². The molecule has 2 N–H and O–H groups in total. The Kier molecular flexibility index (Phi) is 6.26. The number of hydrogen-bond acceptors (Lipinski definition) is 4. The quantitative estimate of drug-likeness (QED) is 0.754. The van der Waals surface area contributed by atoms with Crippen LogP contribution >= 0.6 is 11.6 Å². The maximum Gasteiger partial charge on any atom is 0.328 e. The van der Waals surface area contributed by atoms with Gasteiger partial charge in [-0.25, -0.2) is 9.78 Å². The zero-order chi connectivity index (χ0) is 18.4. The van der Waals surface area contributed by atoms with Crippen LogP contribution < -0.4 is 5.32 Å². The molecule has 6 heteroatoms. The molecule has 0 radical (unpaired) electrons. The summed E-state index contributed by atoms with van der Waals surface area (Å²) in [5, 5.41) is 12.9. The molecule has 1 atom stereocenters. The summed E-state index contributed by atoms with van der Waals surface area (Å²) >= 11 is 5.95. The monoisotopic (exact) mass is 371 g/mol. The third-order valence-corrected chi connectivity index (χ3v) is 4.63. The van der Waals surface area contributed by atoms with E-state index in [9.17, 15) is 4.79 Å². The minimum atomic E-state index is -0.963.